The van der Waals surface area contributed by atoms with E-state index in [1.807, 2.05) is 0 Å². The van der Waals surface area contributed by atoms with E-state index >= 15 is 0 Å². The van der Waals surface area contributed by atoms with E-state index in [9.17, 15) is 34.8 Å². The Balaban J connectivity index is 2.53. The number of sulfonamides is 1. The highest BCUT2D eigenvalue weighted by Crippen LogP contribution is 2.37. The number of alkyl halides is 6. The number of hydrogen-bond donors (Lipinski definition) is 0. The summed E-state index contributed by atoms with van der Waals surface area (Å²) in [7, 11) is -4.77. The number of rotatable bonds is 2. The summed E-state index contributed by atoms with van der Waals surface area (Å²) in [6.45, 7) is 1.04. The molecular formula is C16H18F6N2O2S2. The Labute approximate surface area is 163 Å². The lowest BCUT2D eigenvalue weighted by Gasteiger charge is -2.22. The van der Waals surface area contributed by atoms with Crippen molar-refractivity contribution in [3.63, 3.8) is 0 Å². The maximum absolute atomic E-state index is 13.0. The first-order chi connectivity index (χ1) is 12.8. The third-order valence-corrected chi connectivity index (χ3v) is 6.19. The third kappa shape index (κ3) is 5.79. The minimum atomic E-state index is -5.14. The fraction of sp³-hybridized carbons (Fsp3) is 0.562. The Morgan fingerprint density at radius 1 is 0.929 bits per heavy atom. The molecule has 0 saturated carbocycles. The van der Waals surface area contributed by atoms with E-state index in [1.54, 1.807) is 11.2 Å². The topological polar surface area (TPSA) is 49.7 Å². The van der Waals surface area contributed by atoms with E-state index in [1.165, 1.54) is 0 Å². The Morgan fingerprint density at radius 3 is 1.79 bits per heavy atom. The zero-order valence-electron chi connectivity index (χ0n) is 14.8. The molecule has 28 heavy (non-hydrogen) atoms. The van der Waals surface area contributed by atoms with Gasteiger partial charge in [-0.1, -0.05) is 24.6 Å². The maximum Gasteiger partial charge on any atom is 0.416 e. The van der Waals surface area contributed by atoms with Gasteiger partial charge in [0.25, 0.3) is 10.0 Å². The van der Waals surface area contributed by atoms with Gasteiger partial charge in [-0.05, 0) is 37.3 Å². The van der Waals surface area contributed by atoms with Gasteiger partial charge in [-0.2, -0.15) is 34.8 Å². The number of benzene rings is 1. The third-order valence-electron chi connectivity index (χ3n) is 4.12. The second kappa shape index (κ2) is 8.52. The molecule has 1 aromatic rings. The fourth-order valence-corrected chi connectivity index (χ4v) is 4.73. The van der Waals surface area contributed by atoms with Crippen LogP contribution >= 0.6 is 11.8 Å². The zero-order valence-corrected chi connectivity index (χ0v) is 16.4. The quantitative estimate of drug-likeness (QED) is 0.363. The predicted molar refractivity (Wildman–Crippen MR) is 94.6 cm³/mol. The lowest BCUT2D eigenvalue weighted by molar-refractivity contribution is -0.143. The highest BCUT2D eigenvalue weighted by Gasteiger charge is 2.38. The summed E-state index contributed by atoms with van der Waals surface area (Å²) in [5, 5.41) is 0.0490. The highest BCUT2D eigenvalue weighted by atomic mass is 32.2. The lowest BCUT2D eigenvalue weighted by Crippen LogP contribution is -2.30. The maximum atomic E-state index is 13.0. The molecule has 2 rings (SSSR count). The standard InChI is InChI=1S/C16H18F6N2O2S2/c1-27-14(24-6-4-2-3-5-7-24)23-28(25,26)13-9-11(15(17,18)19)8-12(10-13)16(20,21)22/h8-10H,2-7H2,1H3. The van der Waals surface area contributed by atoms with E-state index in [2.05, 4.69) is 4.40 Å². The van der Waals surface area contributed by atoms with Crippen LogP contribution in [0.1, 0.15) is 36.8 Å². The molecule has 0 atom stereocenters. The summed E-state index contributed by atoms with van der Waals surface area (Å²) in [5.41, 5.74) is -3.40. The Bertz CT molecular complexity index is 794. The molecule has 1 heterocycles. The smallest absolute Gasteiger partial charge is 0.351 e. The van der Waals surface area contributed by atoms with Gasteiger partial charge in [0.05, 0.1) is 16.0 Å². The van der Waals surface area contributed by atoms with Gasteiger partial charge in [0.15, 0.2) is 5.17 Å². The number of amidine groups is 1. The number of likely N-dealkylation sites (tertiary alicyclic amines) is 1. The molecule has 12 heteroatoms. The largest absolute Gasteiger partial charge is 0.416 e. The van der Waals surface area contributed by atoms with E-state index < -0.39 is 38.4 Å². The first kappa shape index (κ1) is 22.9. The predicted octanol–water partition coefficient (Wildman–Crippen LogP) is 5.01. The highest BCUT2D eigenvalue weighted by molar-refractivity contribution is 8.13. The molecule has 4 nitrogen and oxygen atoms in total. The summed E-state index contributed by atoms with van der Waals surface area (Å²) in [6, 6.07) is 0.232. The van der Waals surface area contributed by atoms with Gasteiger partial charge >= 0.3 is 12.4 Å². The zero-order chi connectivity index (χ0) is 21.2. The summed E-state index contributed by atoms with van der Waals surface area (Å²) in [5.74, 6) is 0. The molecular weight excluding hydrogens is 430 g/mol. The average Bonchev–Trinajstić information content (AvgIpc) is 2.87. The van der Waals surface area contributed by atoms with E-state index in [0.717, 1.165) is 37.4 Å². The first-order valence-corrected chi connectivity index (χ1v) is 10.9. The Kier molecular flexibility index (Phi) is 6.95. The van der Waals surface area contributed by atoms with Crippen LogP contribution in [0, 0.1) is 0 Å². The molecule has 1 aromatic carbocycles. The molecule has 0 aliphatic carbocycles. The minimum absolute atomic E-state index is 0.0490. The SMILES string of the molecule is CSC(=NS(=O)(=O)c1cc(C(F)(F)F)cc(C(F)(F)F)c1)N1CCCCCC1. The van der Waals surface area contributed by atoms with Crippen LogP contribution < -0.4 is 0 Å². The van der Waals surface area contributed by atoms with Crippen molar-refractivity contribution in [2.24, 2.45) is 4.40 Å². The van der Waals surface area contributed by atoms with Crippen molar-refractivity contribution in [3.8, 4) is 0 Å². The van der Waals surface area contributed by atoms with Crippen molar-refractivity contribution in [1.82, 2.24) is 4.90 Å². The summed E-state index contributed by atoms with van der Waals surface area (Å²) < 4.78 is 106. The molecule has 1 aliphatic rings. The lowest BCUT2D eigenvalue weighted by atomic mass is 10.1. The first-order valence-electron chi connectivity index (χ1n) is 8.28. The molecule has 0 N–H and O–H groups in total. The van der Waals surface area contributed by atoms with Crippen molar-refractivity contribution < 1.29 is 34.8 Å². The number of thioether (sulfide) groups is 1. The average molecular weight is 448 g/mol. The molecule has 0 bridgehead atoms. The van der Waals surface area contributed by atoms with Crippen LogP contribution in [0.4, 0.5) is 26.3 Å². The van der Waals surface area contributed by atoms with Crippen LogP contribution in [0.5, 0.6) is 0 Å². The summed E-state index contributed by atoms with van der Waals surface area (Å²) >= 11 is 0.979. The van der Waals surface area contributed by atoms with Crippen LogP contribution in [0.3, 0.4) is 0 Å². The van der Waals surface area contributed by atoms with Crippen LogP contribution in [0.15, 0.2) is 27.5 Å². The molecule has 0 radical (unpaired) electrons. The Hall–Kier alpha value is -1.43. The van der Waals surface area contributed by atoms with E-state index in [4.69, 9.17) is 0 Å². The monoisotopic (exact) mass is 448 g/mol. The van der Waals surface area contributed by atoms with E-state index in [-0.39, 0.29) is 23.4 Å². The van der Waals surface area contributed by atoms with Gasteiger partial charge in [-0.3, -0.25) is 0 Å². The van der Waals surface area contributed by atoms with Crippen molar-refractivity contribution in [2.75, 3.05) is 19.3 Å². The van der Waals surface area contributed by atoms with Gasteiger partial charge in [0, 0.05) is 13.1 Å². The van der Waals surface area contributed by atoms with Gasteiger partial charge in [0.1, 0.15) is 0 Å². The second-order valence-electron chi connectivity index (χ2n) is 6.20. The number of hydrogen-bond acceptors (Lipinski definition) is 3. The fourth-order valence-electron chi connectivity index (χ4n) is 2.72. The molecule has 0 amide bonds. The summed E-state index contributed by atoms with van der Waals surface area (Å²) in [4.78, 5) is 0.545. The van der Waals surface area contributed by atoms with Gasteiger partial charge in [0.2, 0.25) is 0 Å². The molecule has 1 fully saturated rings. The summed E-state index contributed by atoms with van der Waals surface area (Å²) in [6.07, 6.45) is -5.24. The van der Waals surface area contributed by atoms with Gasteiger partial charge in [-0.25, -0.2) is 0 Å². The molecule has 0 aromatic heterocycles. The Morgan fingerprint density at radius 2 is 1.39 bits per heavy atom. The van der Waals surface area contributed by atoms with Gasteiger partial charge < -0.3 is 4.90 Å². The number of halogens is 6. The minimum Gasteiger partial charge on any atom is -0.351 e. The molecule has 0 unspecified atom stereocenters. The van der Waals surface area contributed by atoms with Crippen molar-refractivity contribution in [1.29, 1.82) is 0 Å². The normalized spacial score (nSPS) is 17.5. The molecule has 1 aliphatic heterocycles. The van der Waals surface area contributed by atoms with Crippen molar-refractivity contribution in [2.45, 2.75) is 42.9 Å². The van der Waals surface area contributed by atoms with Crippen LogP contribution in [-0.4, -0.2) is 37.8 Å². The van der Waals surface area contributed by atoms with Crippen LogP contribution in [0.25, 0.3) is 0 Å². The molecule has 0 spiro atoms. The van der Waals surface area contributed by atoms with Crippen molar-refractivity contribution in [3.05, 3.63) is 29.3 Å². The van der Waals surface area contributed by atoms with Gasteiger partial charge in [-0.15, -0.1) is 4.40 Å². The number of nitrogens with zero attached hydrogens (tertiary/aromatic N) is 2. The second-order valence-corrected chi connectivity index (χ2v) is 8.57. The van der Waals surface area contributed by atoms with Crippen LogP contribution in [-0.2, 0) is 22.4 Å². The van der Waals surface area contributed by atoms with E-state index in [0.29, 0.717) is 13.1 Å². The molecule has 1 saturated heterocycles. The van der Waals surface area contributed by atoms with Crippen LogP contribution in [0.2, 0.25) is 0 Å². The van der Waals surface area contributed by atoms with Crippen molar-refractivity contribution >= 4 is 27.0 Å². The molecule has 158 valence electrons.